The molecule has 4 N–H and O–H groups in total. The normalized spacial score (nSPS) is 14.2. The van der Waals surface area contributed by atoms with Crippen molar-refractivity contribution < 1.29 is 43.0 Å². The number of esters is 1. The van der Waals surface area contributed by atoms with Crippen LogP contribution in [0.25, 0.3) is 0 Å². The minimum atomic E-state index is -0.860. The van der Waals surface area contributed by atoms with E-state index < -0.39 is 29.0 Å². The van der Waals surface area contributed by atoms with E-state index in [1.807, 2.05) is 55.4 Å². The number of rotatable bonds is 20. The molecule has 3 rings (SSSR count). The Labute approximate surface area is 357 Å². The van der Waals surface area contributed by atoms with E-state index in [2.05, 4.69) is 35.1 Å². The van der Waals surface area contributed by atoms with Crippen molar-refractivity contribution in [2.45, 2.75) is 152 Å². The zero-order valence-electron chi connectivity index (χ0n) is 38.0. The number of imide groups is 1. The van der Waals surface area contributed by atoms with Crippen LogP contribution in [-0.2, 0) is 56.1 Å². The Kier molecular flexibility index (Phi) is 23.1. The van der Waals surface area contributed by atoms with Gasteiger partial charge in [0.1, 0.15) is 12.6 Å². The molecule has 0 radical (unpaired) electrons. The van der Waals surface area contributed by atoms with E-state index in [0.717, 1.165) is 11.1 Å². The topological polar surface area (TPSA) is 189 Å². The summed E-state index contributed by atoms with van der Waals surface area (Å²) in [6.45, 7) is 23.1. The van der Waals surface area contributed by atoms with Crippen LogP contribution in [0.4, 0.5) is 11.4 Å². The third-order valence-electron chi connectivity index (χ3n) is 9.32. The molecule has 0 aliphatic carbocycles. The highest BCUT2D eigenvalue weighted by atomic mass is 16.5. The molecular formula is C46H71N5O9. The average Bonchev–Trinajstić information content (AvgIpc) is 3.50. The highest BCUT2D eigenvalue weighted by Crippen LogP contribution is 2.31. The van der Waals surface area contributed by atoms with Crippen LogP contribution in [0.2, 0.25) is 0 Å². The number of benzene rings is 2. The van der Waals surface area contributed by atoms with Gasteiger partial charge >= 0.3 is 5.97 Å². The molecule has 0 bridgehead atoms. The first-order chi connectivity index (χ1) is 28.2. The lowest BCUT2D eigenvalue weighted by Gasteiger charge is -2.30. The van der Waals surface area contributed by atoms with Crippen LogP contribution in [0.1, 0.15) is 133 Å². The molecule has 6 amide bonds. The number of ether oxygens (including phenoxy) is 2. The van der Waals surface area contributed by atoms with Crippen LogP contribution in [0.3, 0.4) is 0 Å². The van der Waals surface area contributed by atoms with Crippen LogP contribution in [0.5, 0.6) is 0 Å². The van der Waals surface area contributed by atoms with Crippen molar-refractivity contribution in [3.05, 3.63) is 59.7 Å². The van der Waals surface area contributed by atoms with Crippen molar-refractivity contribution in [1.29, 1.82) is 0 Å². The SMILES string of the molecule is CC.CCC.CCC(=O)OCc1ccc(NC(=O)C(C)NC(=O)CNC(=O)CCC(C)(C)OCCC(C)(C)NC(=O)Cc2ccc(N3C(=O)CC(C(C)C)C3=O)cc2)cc1. The number of amides is 6. The molecule has 2 aromatic carbocycles. The first-order valence-electron chi connectivity index (χ1n) is 21.2. The van der Waals surface area contributed by atoms with Crippen LogP contribution in [0.15, 0.2) is 48.5 Å². The fraction of sp³-hybridized carbons (Fsp3) is 0.587. The van der Waals surface area contributed by atoms with Crippen LogP contribution < -0.4 is 26.2 Å². The molecule has 14 heteroatoms. The maximum Gasteiger partial charge on any atom is 0.305 e. The Bertz CT molecular complexity index is 1710. The van der Waals surface area contributed by atoms with E-state index in [1.54, 1.807) is 55.5 Å². The highest BCUT2D eigenvalue weighted by molar-refractivity contribution is 6.21. The number of hydrogen-bond donors (Lipinski definition) is 4. The Morgan fingerprint density at radius 3 is 1.95 bits per heavy atom. The summed E-state index contributed by atoms with van der Waals surface area (Å²) in [6, 6.07) is 12.8. The molecule has 14 nitrogen and oxygen atoms in total. The van der Waals surface area contributed by atoms with Gasteiger partial charge in [0.25, 0.3) is 0 Å². The van der Waals surface area contributed by atoms with Gasteiger partial charge in [0.05, 0.1) is 30.2 Å². The molecular weight excluding hydrogens is 767 g/mol. The molecule has 334 valence electrons. The predicted octanol–water partition coefficient (Wildman–Crippen LogP) is 6.78. The zero-order chi connectivity index (χ0) is 45.6. The summed E-state index contributed by atoms with van der Waals surface area (Å²) in [4.78, 5) is 88.2. The molecule has 2 aromatic rings. The van der Waals surface area contributed by atoms with Crippen molar-refractivity contribution in [2.75, 3.05) is 23.4 Å². The second-order valence-electron chi connectivity index (χ2n) is 16.2. The third-order valence-corrected chi connectivity index (χ3v) is 9.32. The number of carbonyl (C=O) groups is 7. The van der Waals surface area contributed by atoms with Crippen molar-refractivity contribution in [3.63, 3.8) is 0 Å². The van der Waals surface area contributed by atoms with Gasteiger partial charge in [-0.1, -0.05) is 79.2 Å². The van der Waals surface area contributed by atoms with Crippen molar-refractivity contribution in [2.24, 2.45) is 11.8 Å². The van der Waals surface area contributed by atoms with Gasteiger partial charge in [-0.15, -0.1) is 0 Å². The maximum atomic E-state index is 12.9. The second kappa shape index (κ2) is 26.2. The van der Waals surface area contributed by atoms with Gasteiger partial charge in [-0.25, -0.2) is 0 Å². The summed E-state index contributed by atoms with van der Waals surface area (Å²) in [7, 11) is 0. The third kappa shape index (κ3) is 19.3. The summed E-state index contributed by atoms with van der Waals surface area (Å²) < 4.78 is 11.2. The number of hydrogen-bond acceptors (Lipinski definition) is 9. The molecule has 1 heterocycles. The van der Waals surface area contributed by atoms with E-state index >= 15 is 0 Å². The standard InChI is InChI=1S/C41H57N5O9.C3H8.C2H6/c1-9-37(51)54-25-29-10-14-30(15-11-29)44-38(52)27(4)43-35(49)24-42-33(47)18-19-41(7,8)55-21-20-40(5,6)45-34(48)22-28-12-16-31(17-13-28)46-36(50)23-32(26(2)3)39(46)53;1-3-2;1-2/h10-17,26-27,32H,9,18-25H2,1-8H3,(H,42,47)(H,43,49)(H,44,52)(H,45,48);3H2,1-2H3;1-2H3. The molecule has 2 unspecified atom stereocenters. The first kappa shape index (κ1) is 52.9. The molecule has 1 fully saturated rings. The molecule has 1 saturated heterocycles. The lowest BCUT2D eigenvalue weighted by Crippen LogP contribution is -2.46. The van der Waals surface area contributed by atoms with Gasteiger partial charge in [-0.2, -0.15) is 0 Å². The number of nitrogens with one attached hydrogen (secondary N) is 4. The van der Waals surface area contributed by atoms with E-state index in [1.165, 1.54) is 18.2 Å². The summed E-state index contributed by atoms with van der Waals surface area (Å²) in [5.74, 6) is -2.42. The highest BCUT2D eigenvalue weighted by Gasteiger charge is 2.40. The van der Waals surface area contributed by atoms with Crippen molar-refractivity contribution >= 4 is 52.8 Å². The van der Waals surface area contributed by atoms with Gasteiger partial charge in [0, 0.05) is 37.1 Å². The van der Waals surface area contributed by atoms with Gasteiger partial charge in [-0.05, 0) is 88.8 Å². The van der Waals surface area contributed by atoms with Gasteiger partial charge in [-0.3, -0.25) is 38.5 Å². The largest absolute Gasteiger partial charge is 0.461 e. The summed E-state index contributed by atoms with van der Waals surface area (Å²) >= 11 is 0. The van der Waals surface area contributed by atoms with Crippen molar-refractivity contribution in [3.8, 4) is 0 Å². The van der Waals surface area contributed by atoms with Crippen LogP contribution >= 0.6 is 0 Å². The first-order valence-corrected chi connectivity index (χ1v) is 21.2. The molecule has 0 saturated carbocycles. The van der Waals surface area contributed by atoms with Crippen molar-refractivity contribution in [1.82, 2.24) is 16.0 Å². The van der Waals surface area contributed by atoms with Gasteiger partial charge in [0.15, 0.2) is 0 Å². The number of nitrogens with zero attached hydrogens (tertiary/aromatic N) is 1. The Balaban J connectivity index is 0.00000344. The minimum Gasteiger partial charge on any atom is -0.461 e. The number of anilines is 2. The van der Waals surface area contributed by atoms with Crippen LogP contribution in [0, 0.1) is 11.8 Å². The average molecular weight is 838 g/mol. The fourth-order valence-corrected chi connectivity index (χ4v) is 5.78. The Morgan fingerprint density at radius 2 is 1.40 bits per heavy atom. The predicted molar refractivity (Wildman–Crippen MR) is 235 cm³/mol. The van der Waals surface area contributed by atoms with E-state index in [4.69, 9.17) is 9.47 Å². The molecule has 1 aliphatic rings. The smallest absolute Gasteiger partial charge is 0.305 e. The summed E-state index contributed by atoms with van der Waals surface area (Å²) in [6.07, 6.45) is 2.88. The minimum absolute atomic E-state index is 0.0763. The maximum absolute atomic E-state index is 12.9. The monoisotopic (exact) mass is 838 g/mol. The molecule has 0 aromatic heterocycles. The Hall–Kier alpha value is -5.11. The zero-order valence-corrected chi connectivity index (χ0v) is 38.0. The summed E-state index contributed by atoms with van der Waals surface area (Å²) in [5.41, 5.74) is 1.30. The molecule has 0 spiro atoms. The number of carbonyl (C=O) groups excluding carboxylic acids is 7. The Morgan fingerprint density at radius 1 is 0.817 bits per heavy atom. The summed E-state index contributed by atoms with van der Waals surface area (Å²) in [5, 5.41) is 10.9. The van der Waals surface area contributed by atoms with E-state index in [9.17, 15) is 33.6 Å². The van der Waals surface area contributed by atoms with Gasteiger partial charge < -0.3 is 30.7 Å². The fourth-order valence-electron chi connectivity index (χ4n) is 5.78. The van der Waals surface area contributed by atoms with E-state index in [-0.39, 0.29) is 80.3 Å². The quantitative estimate of drug-likeness (QED) is 0.0823. The van der Waals surface area contributed by atoms with Gasteiger partial charge in [0.2, 0.25) is 35.4 Å². The van der Waals surface area contributed by atoms with Crippen LogP contribution in [-0.4, -0.2) is 71.7 Å². The molecule has 1 aliphatic heterocycles. The lowest BCUT2D eigenvalue weighted by atomic mass is 9.94. The molecule has 60 heavy (non-hydrogen) atoms. The van der Waals surface area contributed by atoms with E-state index in [0.29, 0.717) is 30.8 Å². The lowest BCUT2D eigenvalue weighted by molar-refractivity contribution is -0.144. The molecule has 2 atom stereocenters. The second-order valence-corrected chi connectivity index (χ2v) is 16.2.